The largest absolute Gasteiger partial charge is 0.493 e. The zero-order valence-corrected chi connectivity index (χ0v) is 17.9. The van der Waals surface area contributed by atoms with E-state index in [0.29, 0.717) is 13.0 Å². The van der Waals surface area contributed by atoms with Crippen molar-refractivity contribution in [1.29, 1.82) is 0 Å². The van der Waals surface area contributed by atoms with Crippen LogP contribution in [0.25, 0.3) is 0 Å². The molecule has 0 spiro atoms. The third-order valence-corrected chi connectivity index (χ3v) is 5.23. The quantitative estimate of drug-likeness (QED) is 0.648. The van der Waals surface area contributed by atoms with E-state index in [2.05, 4.69) is 10.2 Å². The van der Waals surface area contributed by atoms with Crippen molar-refractivity contribution in [2.75, 3.05) is 24.6 Å². The lowest BCUT2D eigenvalue weighted by atomic mass is 10.1. The van der Waals surface area contributed by atoms with Crippen molar-refractivity contribution < 1.29 is 18.7 Å². The van der Waals surface area contributed by atoms with Gasteiger partial charge in [-0.3, -0.25) is 4.79 Å². The number of amides is 1. The van der Waals surface area contributed by atoms with Gasteiger partial charge in [-0.2, -0.15) is 0 Å². The number of hydrogen-bond acceptors (Lipinski definition) is 4. The molecule has 0 bridgehead atoms. The molecule has 1 aliphatic heterocycles. The molecule has 0 aromatic heterocycles. The van der Waals surface area contributed by atoms with Crippen molar-refractivity contribution >= 4 is 11.6 Å². The first-order chi connectivity index (χ1) is 14.4. The summed E-state index contributed by atoms with van der Waals surface area (Å²) in [6.07, 6.45) is 0.643. The Morgan fingerprint density at radius 3 is 2.43 bits per heavy atom. The second-order valence-corrected chi connectivity index (χ2v) is 7.88. The van der Waals surface area contributed by atoms with Gasteiger partial charge >= 0.3 is 0 Å². The monoisotopic (exact) mass is 414 g/mol. The lowest BCUT2D eigenvalue weighted by Crippen LogP contribution is -2.24. The van der Waals surface area contributed by atoms with E-state index in [1.807, 2.05) is 55.5 Å². The molecule has 1 N–H and O–H groups in total. The van der Waals surface area contributed by atoms with Gasteiger partial charge in [-0.15, -0.1) is 0 Å². The second-order valence-electron chi connectivity index (χ2n) is 7.88. The van der Waals surface area contributed by atoms with E-state index in [4.69, 9.17) is 9.47 Å². The van der Waals surface area contributed by atoms with Crippen LogP contribution in [0.15, 0.2) is 48.5 Å². The average Bonchev–Trinajstić information content (AvgIpc) is 3.17. The average molecular weight is 415 g/mol. The van der Waals surface area contributed by atoms with Crippen LogP contribution in [0.3, 0.4) is 0 Å². The molecular weight excluding hydrogens is 383 g/mol. The summed E-state index contributed by atoms with van der Waals surface area (Å²) < 4.78 is 24.6. The van der Waals surface area contributed by atoms with E-state index in [-0.39, 0.29) is 18.1 Å². The number of rotatable bonds is 9. The SMILES string of the molecule is CC(=O)NC(C)c1ccc(OC2CCN(c3ccc(OCCC(C)F)cc3)C2)cc1. The van der Waals surface area contributed by atoms with Crippen molar-refractivity contribution in [3.05, 3.63) is 54.1 Å². The molecule has 6 heteroatoms. The molecule has 1 aliphatic rings. The molecule has 2 aromatic rings. The summed E-state index contributed by atoms with van der Waals surface area (Å²) in [5.74, 6) is 1.56. The summed E-state index contributed by atoms with van der Waals surface area (Å²) in [6.45, 7) is 7.17. The van der Waals surface area contributed by atoms with Gasteiger partial charge in [-0.05, 0) is 55.8 Å². The van der Waals surface area contributed by atoms with Gasteiger partial charge < -0.3 is 19.7 Å². The van der Waals surface area contributed by atoms with E-state index in [1.54, 1.807) is 6.92 Å². The van der Waals surface area contributed by atoms with Gasteiger partial charge in [-0.1, -0.05) is 12.1 Å². The van der Waals surface area contributed by atoms with Crippen LogP contribution in [0.4, 0.5) is 10.1 Å². The van der Waals surface area contributed by atoms with Crippen LogP contribution in [0.1, 0.15) is 45.2 Å². The molecular formula is C24H31FN2O3. The summed E-state index contributed by atoms with van der Waals surface area (Å²) in [5.41, 5.74) is 2.18. The van der Waals surface area contributed by atoms with Crippen molar-refractivity contribution in [3.63, 3.8) is 0 Å². The van der Waals surface area contributed by atoms with Gasteiger partial charge in [-0.25, -0.2) is 4.39 Å². The van der Waals surface area contributed by atoms with E-state index >= 15 is 0 Å². The first-order valence-corrected chi connectivity index (χ1v) is 10.6. The van der Waals surface area contributed by atoms with Gasteiger partial charge in [0.1, 0.15) is 23.8 Å². The molecule has 3 unspecified atom stereocenters. The number of benzene rings is 2. The van der Waals surface area contributed by atoms with E-state index in [0.717, 1.165) is 42.3 Å². The minimum atomic E-state index is -0.845. The van der Waals surface area contributed by atoms with Crippen LogP contribution in [0, 0.1) is 0 Å². The van der Waals surface area contributed by atoms with Crippen LogP contribution in [-0.4, -0.2) is 37.9 Å². The first kappa shape index (κ1) is 21.9. The van der Waals surface area contributed by atoms with Gasteiger partial charge in [0, 0.05) is 32.0 Å². The Balaban J connectivity index is 1.49. The molecule has 2 aromatic carbocycles. The summed E-state index contributed by atoms with van der Waals surface area (Å²) in [6, 6.07) is 15.8. The zero-order chi connectivity index (χ0) is 21.5. The molecule has 0 saturated carbocycles. The number of carbonyl (C=O) groups excluding carboxylic acids is 1. The number of anilines is 1. The molecule has 1 fully saturated rings. The molecule has 162 valence electrons. The Hall–Kier alpha value is -2.76. The minimum absolute atomic E-state index is 0.0224. The Labute approximate surface area is 178 Å². The van der Waals surface area contributed by atoms with Crippen molar-refractivity contribution in [1.82, 2.24) is 5.32 Å². The summed E-state index contributed by atoms with van der Waals surface area (Å²) in [4.78, 5) is 13.5. The van der Waals surface area contributed by atoms with Crippen LogP contribution in [0.5, 0.6) is 11.5 Å². The van der Waals surface area contributed by atoms with Crippen LogP contribution in [0.2, 0.25) is 0 Å². The van der Waals surface area contributed by atoms with Crippen molar-refractivity contribution in [2.45, 2.75) is 51.9 Å². The van der Waals surface area contributed by atoms with Crippen LogP contribution in [-0.2, 0) is 4.79 Å². The highest BCUT2D eigenvalue weighted by molar-refractivity contribution is 5.73. The number of alkyl halides is 1. The fraction of sp³-hybridized carbons (Fsp3) is 0.458. The second kappa shape index (κ2) is 10.3. The molecule has 3 atom stereocenters. The van der Waals surface area contributed by atoms with E-state index in [1.165, 1.54) is 6.92 Å². The Kier molecular flexibility index (Phi) is 7.55. The molecule has 30 heavy (non-hydrogen) atoms. The number of halogens is 1. The maximum atomic E-state index is 12.9. The van der Waals surface area contributed by atoms with Crippen LogP contribution < -0.4 is 19.7 Å². The summed E-state index contributed by atoms with van der Waals surface area (Å²) in [7, 11) is 0. The number of hydrogen-bond donors (Lipinski definition) is 1. The normalized spacial score (nSPS) is 18.0. The third kappa shape index (κ3) is 6.37. The Morgan fingerprint density at radius 2 is 1.80 bits per heavy atom. The summed E-state index contributed by atoms with van der Waals surface area (Å²) in [5, 5.41) is 2.88. The highest BCUT2D eigenvalue weighted by Gasteiger charge is 2.24. The van der Waals surface area contributed by atoms with Gasteiger partial charge in [0.15, 0.2) is 0 Å². The maximum absolute atomic E-state index is 12.9. The van der Waals surface area contributed by atoms with Crippen LogP contribution >= 0.6 is 0 Å². The minimum Gasteiger partial charge on any atom is -0.493 e. The molecule has 1 heterocycles. The number of ether oxygens (including phenoxy) is 2. The molecule has 1 amide bonds. The fourth-order valence-electron chi connectivity index (χ4n) is 3.57. The zero-order valence-electron chi connectivity index (χ0n) is 17.9. The topological polar surface area (TPSA) is 50.8 Å². The smallest absolute Gasteiger partial charge is 0.217 e. The molecule has 0 radical (unpaired) electrons. The number of carbonyl (C=O) groups is 1. The standard InChI is InChI=1S/C24H31FN2O3/c1-17(25)13-15-29-22-10-6-21(7-11-22)27-14-12-24(16-27)30-23-8-4-20(5-9-23)18(2)26-19(3)28/h4-11,17-18,24H,12-16H2,1-3H3,(H,26,28). The fourth-order valence-corrected chi connectivity index (χ4v) is 3.57. The lowest BCUT2D eigenvalue weighted by Gasteiger charge is -2.20. The number of nitrogens with one attached hydrogen (secondary N) is 1. The number of nitrogens with zero attached hydrogens (tertiary/aromatic N) is 1. The highest BCUT2D eigenvalue weighted by Crippen LogP contribution is 2.26. The predicted molar refractivity (Wildman–Crippen MR) is 117 cm³/mol. The summed E-state index contributed by atoms with van der Waals surface area (Å²) >= 11 is 0. The predicted octanol–water partition coefficient (Wildman–Crippen LogP) is 4.67. The highest BCUT2D eigenvalue weighted by atomic mass is 19.1. The lowest BCUT2D eigenvalue weighted by molar-refractivity contribution is -0.119. The van der Waals surface area contributed by atoms with Gasteiger partial charge in [0.25, 0.3) is 0 Å². The van der Waals surface area contributed by atoms with Crippen molar-refractivity contribution in [2.24, 2.45) is 0 Å². The molecule has 0 aliphatic carbocycles. The maximum Gasteiger partial charge on any atom is 0.217 e. The molecule has 3 rings (SSSR count). The molecule has 5 nitrogen and oxygen atoms in total. The van der Waals surface area contributed by atoms with Gasteiger partial charge in [0.05, 0.1) is 19.2 Å². The van der Waals surface area contributed by atoms with E-state index < -0.39 is 6.17 Å². The van der Waals surface area contributed by atoms with E-state index in [9.17, 15) is 9.18 Å². The first-order valence-electron chi connectivity index (χ1n) is 10.6. The molecule has 1 saturated heterocycles. The van der Waals surface area contributed by atoms with Gasteiger partial charge in [0.2, 0.25) is 5.91 Å². The Bertz CT molecular complexity index is 808. The Morgan fingerprint density at radius 1 is 1.13 bits per heavy atom. The third-order valence-electron chi connectivity index (χ3n) is 5.23. The van der Waals surface area contributed by atoms with Crippen molar-refractivity contribution in [3.8, 4) is 11.5 Å².